The molecule has 4 aliphatic carbocycles. The number of hydrogen-bond donors (Lipinski definition) is 4. The van der Waals surface area contributed by atoms with E-state index in [9.17, 15) is 32.4 Å². The second-order valence-corrected chi connectivity index (χ2v) is 21.1. The van der Waals surface area contributed by atoms with Gasteiger partial charge >= 0.3 is 6.03 Å². The Morgan fingerprint density at radius 2 is 1.52 bits per heavy atom. The third-order valence-electron chi connectivity index (χ3n) is 12.2. The molecule has 5 rings (SSSR count). The molecule has 5 aliphatic rings. The van der Waals surface area contributed by atoms with Crippen molar-refractivity contribution >= 4 is 52.9 Å². The van der Waals surface area contributed by atoms with Crippen molar-refractivity contribution in [1.29, 1.82) is 0 Å². The molecule has 4 saturated carbocycles. The molecule has 1 heterocycles. The topological polar surface area (TPSA) is 171 Å². The fraction of sp³-hybridized carbons (Fsp3) is 0.861. The van der Waals surface area contributed by atoms with Crippen LogP contribution in [0.3, 0.4) is 0 Å². The lowest BCUT2D eigenvalue weighted by Crippen LogP contribution is -2.64. The molecule has 0 aromatic heterocycles. The van der Waals surface area contributed by atoms with Crippen LogP contribution in [0.4, 0.5) is 4.79 Å². The van der Waals surface area contributed by atoms with Gasteiger partial charge in [0.25, 0.3) is 5.91 Å². The summed E-state index contributed by atoms with van der Waals surface area (Å²) in [6.07, 6.45) is 6.25. The molecule has 284 valence electrons. The fourth-order valence-electron chi connectivity index (χ4n) is 8.44. The van der Waals surface area contributed by atoms with Gasteiger partial charge < -0.3 is 26.2 Å². The monoisotopic (exact) mass is 739 g/mol. The van der Waals surface area contributed by atoms with Crippen LogP contribution in [-0.2, 0) is 29.0 Å². The highest BCUT2D eigenvalue weighted by Crippen LogP contribution is 2.65. The van der Waals surface area contributed by atoms with Gasteiger partial charge in [0, 0.05) is 12.6 Å². The van der Waals surface area contributed by atoms with Crippen molar-refractivity contribution in [2.24, 2.45) is 28.6 Å². The zero-order chi connectivity index (χ0) is 36.5. The first-order chi connectivity index (χ1) is 22.5. The highest BCUT2D eigenvalue weighted by atomic mass is 32.2. The van der Waals surface area contributed by atoms with E-state index in [2.05, 4.69) is 35.1 Å². The molecule has 1 saturated heterocycles. The van der Waals surface area contributed by atoms with E-state index in [1.54, 1.807) is 25.7 Å². The summed E-state index contributed by atoms with van der Waals surface area (Å²) >= 11 is 0. The van der Waals surface area contributed by atoms with Crippen molar-refractivity contribution in [3.8, 4) is 0 Å². The number of nitrogens with zero attached hydrogens (tertiary/aromatic N) is 1. The molecule has 0 unspecified atom stereocenters. The molecule has 5 amide bonds. The number of urea groups is 1. The minimum Gasteiger partial charge on any atom is -0.347 e. The summed E-state index contributed by atoms with van der Waals surface area (Å²) in [4.78, 5) is 70.3. The lowest BCUT2D eigenvalue weighted by Gasteiger charge is -2.41. The Balaban J connectivity index is 0.00000562. The van der Waals surface area contributed by atoms with Crippen molar-refractivity contribution in [3.05, 3.63) is 0 Å². The Morgan fingerprint density at radius 1 is 0.920 bits per heavy atom. The molecule has 0 aromatic rings. The third-order valence-corrected chi connectivity index (χ3v) is 15.0. The van der Waals surface area contributed by atoms with Gasteiger partial charge in [0.1, 0.15) is 17.6 Å². The fourth-order valence-corrected chi connectivity index (χ4v) is 9.96. The van der Waals surface area contributed by atoms with E-state index in [1.165, 1.54) is 0 Å². The molecule has 4 N–H and O–H groups in total. The van der Waals surface area contributed by atoms with Gasteiger partial charge in [0.2, 0.25) is 17.6 Å². The molecular formula is C36H61N5O7S2. The normalized spacial score (nSPS) is 30.1. The Labute approximate surface area is 305 Å². The summed E-state index contributed by atoms with van der Waals surface area (Å²) in [7, 11) is -3.56. The number of ketones is 1. The molecule has 0 spiro atoms. The van der Waals surface area contributed by atoms with E-state index < -0.39 is 72.7 Å². The number of carbonyl (C=O) groups excluding carboxylic acids is 5. The summed E-state index contributed by atoms with van der Waals surface area (Å²) in [5, 5.41) is 11.6. The number of hydrogen-bond acceptors (Lipinski definition) is 7. The molecule has 5 fully saturated rings. The summed E-state index contributed by atoms with van der Waals surface area (Å²) < 4.78 is 25.6. The van der Waals surface area contributed by atoms with Gasteiger partial charge in [0.05, 0.1) is 16.0 Å². The molecule has 12 nitrogen and oxygen atoms in total. The van der Waals surface area contributed by atoms with E-state index in [0.29, 0.717) is 32.2 Å². The number of nitrogens with one attached hydrogen (secondary N) is 4. The third kappa shape index (κ3) is 7.71. The number of likely N-dealkylation sites (tertiary alicyclic amines) is 1. The van der Waals surface area contributed by atoms with Crippen molar-refractivity contribution < 1.29 is 32.4 Å². The van der Waals surface area contributed by atoms with Crippen LogP contribution in [0.5, 0.6) is 0 Å². The van der Waals surface area contributed by atoms with Crippen LogP contribution in [-0.4, -0.2) is 89.1 Å². The summed E-state index contributed by atoms with van der Waals surface area (Å²) in [6, 6.07) is -2.49. The summed E-state index contributed by atoms with van der Waals surface area (Å²) in [5.41, 5.74) is -3.17. The van der Waals surface area contributed by atoms with Crippen LogP contribution in [0.2, 0.25) is 0 Å². The Bertz CT molecular complexity index is 1490. The molecule has 0 radical (unpaired) electrons. The average Bonchev–Trinajstić information content (AvgIpc) is 3.93. The number of piperidine rings is 1. The van der Waals surface area contributed by atoms with Gasteiger partial charge in [-0.05, 0) is 81.5 Å². The van der Waals surface area contributed by atoms with Crippen molar-refractivity contribution in [1.82, 2.24) is 26.2 Å². The summed E-state index contributed by atoms with van der Waals surface area (Å²) in [6.45, 7) is 16.9. The maximum Gasteiger partial charge on any atom is 0.315 e. The molecular weight excluding hydrogens is 679 g/mol. The minimum absolute atomic E-state index is 0. The maximum absolute atomic E-state index is 14.5. The number of Topliss-reactive ketones (excluding diaryl/α,β-unsaturated/α-hetero) is 1. The highest BCUT2D eigenvalue weighted by molar-refractivity contribution is 7.92. The minimum atomic E-state index is -3.56. The standard InChI is InChI=1S/C36H59N5O7S.H2S/c1-10-21-18-36(21,27(42)29(44)37-22-14-15-22)39-28(43)25-24-23(34(24,8)9)19-41(25)30(45)26(32(2,3)4)38-31(46)40-35(16-12-11-13-17-35)20-49(47,48)33(5,6)7;/h21-26H,10-20H2,1-9H3,(H,37,44)(H,39,43)(H2,38,40,46);1H2/t21-,23+,24+,25+,26-,36+;/m1./s1. The van der Waals surface area contributed by atoms with Crippen LogP contribution >= 0.6 is 13.5 Å². The highest BCUT2D eigenvalue weighted by Gasteiger charge is 2.71. The van der Waals surface area contributed by atoms with Crippen LogP contribution < -0.4 is 21.3 Å². The van der Waals surface area contributed by atoms with Crippen molar-refractivity contribution in [2.75, 3.05) is 12.3 Å². The molecule has 0 bridgehead atoms. The van der Waals surface area contributed by atoms with Gasteiger partial charge in [0.15, 0.2) is 9.84 Å². The lowest BCUT2D eigenvalue weighted by atomic mass is 9.83. The van der Waals surface area contributed by atoms with E-state index >= 15 is 0 Å². The molecule has 6 atom stereocenters. The zero-order valence-electron chi connectivity index (χ0n) is 31.5. The average molecular weight is 740 g/mol. The van der Waals surface area contributed by atoms with Crippen LogP contribution in [0, 0.1) is 28.6 Å². The van der Waals surface area contributed by atoms with Crippen LogP contribution in [0.25, 0.3) is 0 Å². The first-order valence-electron chi connectivity index (χ1n) is 18.3. The molecule has 14 heteroatoms. The first-order valence-corrected chi connectivity index (χ1v) is 19.9. The number of amides is 5. The molecule has 0 aromatic carbocycles. The largest absolute Gasteiger partial charge is 0.347 e. The van der Waals surface area contributed by atoms with Crippen molar-refractivity contribution in [2.45, 2.75) is 154 Å². The lowest BCUT2D eigenvalue weighted by molar-refractivity contribution is -0.146. The van der Waals surface area contributed by atoms with E-state index in [1.807, 2.05) is 27.7 Å². The van der Waals surface area contributed by atoms with Gasteiger partial charge in [-0.3, -0.25) is 19.2 Å². The maximum atomic E-state index is 14.5. The Kier molecular flexibility index (Phi) is 11.0. The predicted molar refractivity (Wildman–Crippen MR) is 196 cm³/mol. The Hall–Kier alpha value is -2.35. The van der Waals surface area contributed by atoms with E-state index in [-0.39, 0.29) is 48.5 Å². The van der Waals surface area contributed by atoms with Crippen LogP contribution in [0.15, 0.2) is 0 Å². The number of rotatable bonds is 11. The zero-order valence-corrected chi connectivity index (χ0v) is 33.3. The molecule has 50 heavy (non-hydrogen) atoms. The predicted octanol–water partition coefficient (Wildman–Crippen LogP) is 3.34. The van der Waals surface area contributed by atoms with Gasteiger partial charge in [-0.25, -0.2) is 13.2 Å². The number of sulfone groups is 1. The SMILES string of the molecule is CC[C@@H]1C[C@@]1(NC(=O)[C@@H]1[C@@H]2[C@H](CN1C(=O)[C@@H](NC(=O)NC1(CS(=O)(=O)C(C)(C)C)CCCCC1)C(C)(C)C)C2(C)C)C(=O)C(=O)NC1CC1.S. The van der Waals surface area contributed by atoms with Gasteiger partial charge in [-0.15, -0.1) is 0 Å². The van der Waals surface area contributed by atoms with Gasteiger partial charge in [-0.1, -0.05) is 67.2 Å². The van der Waals surface area contributed by atoms with E-state index in [4.69, 9.17) is 0 Å². The Morgan fingerprint density at radius 3 is 2.02 bits per heavy atom. The second kappa shape index (κ2) is 13.6. The molecule has 1 aliphatic heterocycles. The summed E-state index contributed by atoms with van der Waals surface area (Å²) in [5.74, 6) is -2.55. The quantitative estimate of drug-likeness (QED) is 0.236. The smallest absolute Gasteiger partial charge is 0.315 e. The number of carbonyl (C=O) groups is 5. The first kappa shape index (κ1) is 40.4. The van der Waals surface area contributed by atoms with Gasteiger partial charge in [-0.2, -0.15) is 13.5 Å². The van der Waals surface area contributed by atoms with Crippen LogP contribution in [0.1, 0.15) is 120 Å². The van der Waals surface area contributed by atoms with E-state index in [0.717, 1.165) is 32.1 Å². The number of fused-ring (bicyclic) bond motifs is 1. The second-order valence-electron chi connectivity index (χ2n) is 18.3. The van der Waals surface area contributed by atoms with Crippen molar-refractivity contribution in [3.63, 3.8) is 0 Å².